The number of benzene rings is 5. The van der Waals surface area contributed by atoms with Crippen LogP contribution in [-0.4, -0.2) is 5.97 Å². The van der Waals surface area contributed by atoms with Crippen molar-refractivity contribution in [2.75, 3.05) is 15.5 Å². The van der Waals surface area contributed by atoms with Crippen molar-refractivity contribution < 1.29 is 9.53 Å². The summed E-state index contributed by atoms with van der Waals surface area (Å²) < 4.78 is 5.91. The third-order valence-electron chi connectivity index (χ3n) is 6.32. The highest BCUT2D eigenvalue weighted by atomic mass is 16.6. The monoisotopic (exact) mass is 483 g/mol. The van der Waals surface area contributed by atoms with Crippen LogP contribution in [0.4, 0.5) is 34.1 Å². The number of anilines is 6. The highest BCUT2D eigenvalue weighted by Gasteiger charge is 2.36. The van der Waals surface area contributed by atoms with Crippen molar-refractivity contribution in [3.05, 3.63) is 145 Å². The van der Waals surface area contributed by atoms with Crippen LogP contribution in [0.5, 0.6) is 0 Å². The molecule has 37 heavy (non-hydrogen) atoms. The maximum atomic E-state index is 12.7. The number of ether oxygens (including phenoxy) is 1. The van der Waals surface area contributed by atoms with Crippen molar-refractivity contribution in [1.29, 1.82) is 0 Å². The van der Waals surface area contributed by atoms with E-state index in [0.717, 1.165) is 39.7 Å². The fourth-order valence-electron chi connectivity index (χ4n) is 4.53. The number of para-hydroxylation sites is 2. The standard InChI is InChI=1S/C32H25N3O2/c36-32-30-14-8-7-13-29(30)31(37-32)35(27-19-15-25(16-20-27)33-23-9-3-1-4-10-23)28-21-17-26(18-22-28)34-24-11-5-2-6-12-24/h1-22,31,33-34H. The predicted octanol–water partition coefficient (Wildman–Crippen LogP) is 8.18. The van der Waals surface area contributed by atoms with E-state index in [0.29, 0.717) is 5.56 Å². The van der Waals surface area contributed by atoms with Gasteiger partial charge in [0, 0.05) is 39.7 Å². The Morgan fingerprint density at radius 3 is 1.46 bits per heavy atom. The van der Waals surface area contributed by atoms with Gasteiger partial charge in [0.2, 0.25) is 6.23 Å². The van der Waals surface area contributed by atoms with Crippen LogP contribution in [0.3, 0.4) is 0 Å². The third kappa shape index (κ3) is 4.75. The molecule has 5 aromatic carbocycles. The first kappa shape index (κ1) is 22.4. The Labute approximate surface area is 216 Å². The van der Waals surface area contributed by atoms with E-state index < -0.39 is 6.23 Å². The quantitative estimate of drug-likeness (QED) is 0.229. The third-order valence-corrected chi connectivity index (χ3v) is 6.32. The van der Waals surface area contributed by atoms with Gasteiger partial charge in [0.25, 0.3) is 0 Å². The van der Waals surface area contributed by atoms with E-state index in [9.17, 15) is 4.79 Å². The molecular formula is C32H25N3O2. The van der Waals surface area contributed by atoms with Gasteiger partial charge in [0.05, 0.1) is 5.56 Å². The SMILES string of the molecule is O=C1OC(N(c2ccc(Nc3ccccc3)cc2)c2ccc(Nc3ccccc3)cc2)c2ccccc21. The Balaban J connectivity index is 1.34. The first-order valence-corrected chi connectivity index (χ1v) is 12.2. The lowest BCUT2D eigenvalue weighted by Crippen LogP contribution is -2.24. The summed E-state index contributed by atoms with van der Waals surface area (Å²) >= 11 is 0. The zero-order valence-electron chi connectivity index (χ0n) is 20.0. The first-order chi connectivity index (χ1) is 18.2. The van der Waals surface area contributed by atoms with E-state index in [4.69, 9.17) is 4.74 Å². The van der Waals surface area contributed by atoms with E-state index in [-0.39, 0.29) is 5.97 Å². The van der Waals surface area contributed by atoms with Crippen molar-refractivity contribution in [1.82, 2.24) is 0 Å². The summed E-state index contributed by atoms with van der Waals surface area (Å²) in [5, 5.41) is 6.84. The van der Waals surface area contributed by atoms with Gasteiger partial charge in [-0.15, -0.1) is 0 Å². The minimum Gasteiger partial charge on any atom is -0.433 e. The molecule has 0 radical (unpaired) electrons. The Hall–Kier alpha value is -5.03. The van der Waals surface area contributed by atoms with E-state index in [1.54, 1.807) is 0 Å². The second kappa shape index (κ2) is 9.91. The van der Waals surface area contributed by atoms with E-state index in [1.165, 1.54) is 0 Å². The van der Waals surface area contributed by atoms with Gasteiger partial charge in [-0.1, -0.05) is 54.6 Å². The van der Waals surface area contributed by atoms with Gasteiger partial charge in [0.15, 0.2) is 0 Å². The maximum absolute atomic E-state index is 12.7. The molecule has 180 valence electrons. The van der Waals surface area contributed by atoms with Crippen molar-refractivity contribution in [2.24, 2.45) is 0 Å². The van der Waals surface area contributed by atoms with Crippen LogP contribution in [0.25, 0.3) is 0 Å². The van der Waals surface area contributed by atoms with Crippen LogP contribution < -0.4 is 15.5 Å². The number of cyclic esters (lactones) is 1. The van der Waals surface area contributed by atoms with Crippen LogP contribution in [0.2, 0.25) is 0 Å². The second-order valence-electron chi connectivity index (χ2n) is 8.79. The average Bonchev–Trinajstić information content (AvgIpc) is 3.28. The number of nitrogens with zero attached hydrogens (tertiary/aromatic N) is 1. The molecule has 1 heterocycles. The smallest absolute Gasteiger partial charge is 0.340 e. The molecule has 2 N–H and O–H groups in total. The molecule has 1 unspecified atom stereocenters. The normalized spacial score (nSPS) is 13.9. The van der Waals surface area contributed by atoms with Gasteiger partial charge in [-0.2, -0.15) is 0 Å². The number of hydrogen-bond acceptors (Lipinski definition) is 5. The molecule has 6 rings (SSSR count). The second-order valence-corrected chi connectivity index (χ2v) is 8.79. The van der Waals surface area contributed by atoms with Crippen LogP contribution in [0.15, 0.2) is 133 Å². The number of carbonyl (C=O) groups is 1. The molecule has 5 heteroatoms. The van der Waals surface area contributed by atoms with Crippen LogP contribution in [0.1, 0.15) is 22.1 Å². The zero-order chi connectivity index (χ0) is 25.0. The molecule has 0 saturated carbocycles. The van der Waals surface area contributed by atoms with Crippen molar-refractivity contribution in [3.8, 4) is 0 Å². The van der Waals surface area contributed by atoms with Crippen molar-refractivity contribution in [2.45, 2.75) is 6.23 Å². The average molecular weight is 484 g/mol. The number of hydrogen-bond donors (Lipinski definition) is 2. The van der Waals surface area contributed by atoms with Gasteiger partial charge in [0.1, 0.15) is 0 Å². The fourth-order valence-corrected chi connectivity index (χ4v) is 4.53. The number of nitrogens with one attached hydrogen (secondary N) is 2. The fraction of sp³-hybridized carbons (Fsp3) is 0.0312. The highest BCUT2D eigenvalue weighted by Crippen LogP contribution is 2.41. The minimum atomic E-state index is -0.565. The van der Waals surface area contributed by atoms with Gasteiger partial charge in [-0.25, -0.2) is 4.79 Å². The van der Waals surface area contributed by atoms with Crippen LogP contribution >= 0.6 is 0 Å². The first-order valence-electron chi connectivity index (χ1n) is 12.2. The summed E-state index contributed by atoms with van der Waals surface area (Å²) in [5.74, 6) is -0.310. The molecule has 1 aliphatic heterocycles. The summed E-state index contributed by atoms with van der Waals surface area (Å²) in [7, 11) is 0. The Bertz CT molecular complexity index is 1420. The lowest BCUT2D eigenvalue weighted by molar-refractivity contribution is 0.0399. The molecule has 0 amide bonds. The van der Waals surface area contributed by atoms with Crippen LogP contribution in [0, 0.1) is 0 Å². The van der Waals surface area contributed by atoms with Gasteiger partial charge in [-0.05, 0) is 78.9 Å². The molecular weight excluding hydrogens is 458 g/mol. The topological polar surface area (TPSA) is 53.6 Å². The molecule has 5 nitrogen and oxygen atoms in total. The summed E-state index contributed by atoms with van der Waals surface area (Å²) in [6.07, 6.45) is -0.565. The van der Waals surface area contributed by atoms with Crippen LogP contribution in [-0.2, 0) is 4.74 Å². The summed E-state index contributed by atoms with van der Waals surface area (Å²) in [5.41, 5.74) is 7.27. The largest absolute Gasteiger partial charge is 0.433 e. The number of fused-ring (bicyclic) bond motifs is 1. The van der Waals surface area contributed by atoms with Gasteiger partial charge >= 0.3 is 5.97 Å². The zero-order valence-corrected chi connectivity index (χ0v) is 20.0. The molecule has 0 saturated heterocycles. The highest BCUT2D eigenvalue weighted by molar-refractivity contribution is 5.95. The molecule has 0 fully saturated rings. The molecule has 0 spiro atoms. The lowest BCUT2D eigenvalue weighted by Gasteiger charge is -2.31. The Morgan fingerprint density at radius 2 is 0.946 bits per heavy atom. The number of esters is 1. The molecule has 0 aliphatic carbocycles. The Kier molecular flexibility index (Phi) is 6.01. The van der Waals surface area contributed by atoms with Crippen molar-refractivity contribution in [3.63, 3.8) is 0 Å². The lowest BCUT2D eigenvalue weighted by atomic mass is 10.1. The molecule has 1 aliphatic rings. The van der Waals surface area contributed by atoms with Gasteiger partial charge < -0.3 is 20.3 Å². The predicted molar refractivity (Wildman–Crippen MR) is 149 cm³/mol. The van der Waals surface area contributed by atoms with E-state index in [1.807, 2.05) is 133 Å². The van der Waals surface area contributed by atoms with E-state index in [2.05, 4.69) is 15.5 Å². The summed E-state index contributed by atoms with van der Waals surface area (Å²) in [4.78, 5) is 14.7. The summed E-state index contributed by atoms with van der Waals surface area (Å²) in [6.45, 7) is 0. The number of rotatable bonds is 7. The molecule has 0 bridgehead atoms. The minimum absolute atomic E-state index is 0.310. The Morgan fingerprint density at radius 1 is 0.514 bits per heavy atom. The maximum Gasteiger partial charge on any atom is 0.340 e. The van der Waals surface area contributed by atoms with Gasteiger partial charge in [-0.3, -0.25) is 0 Å². The van der Waals surface area contributed by atoms with E-state index >= 15 is 0 Å². The molecule has 0 aromatic heterocycles. The molecule has 1 atom stereocenters. The molecule has 5 aromatic rings. The number of carbonyl (C=O) groups excluding carboxylic acids is 1. The summed E-state index contributed by atoms with van der Waals surface area (Å²) in [6, 6.07) is 43.9. The van der Waals surface area contributed by atoms with Crippen molar-refractivity contribution >= 4 is 40.1 Å².